The number of nitrogens with one attached hydrogen (secondary N) is 2. The Morgan fingerprint density at radius 3 is 2.20 bits per heavy atom. The lowest BCUT2D eigenvalue weighted by Crippen LogP contribution is -2.83. The summed E-state index contributed by atoms with van der Waals surface area (Å²) in [6.45, 7) is -0.557. The van der Waals surface area contributed by atoms with Crippen molar-refractivity contribution in [2.24, 2.45) is 0 Å². The molecule has 2 aromatic rings. The number of piperidine rings is 1. The van der Waals surface area contributed by atoms with Gasteiger partial charge in [-0.3, -0.25) is 24.4 Å². The van der Waals surface area contributed by atoms with Gasteiger partial charge in [-0.2, -0.15) is 4.90 Å². The number of aliphatic hydroxyl groups is 8. The first kappa shape index (κ1) is 29.0. The van der Waals surface area contributed by atoms with Crippen LogP contribution in [0.25, 0.3) is 0 Å². The van der Waals surface area contributed by atoms with Gasteiger partial charge in [-0.15, -0.1) is 0 Å². The zero-order valence-corrected chi connectivity index (χ0v) is 21.3. The summed E-state index contributed by atoms with van der Waals surface area (Å²) < 4.78 is 3.88. The highest BCUT2D eigenvalue weighted by molar-refractivity contribution is 6.06. The zero-order valence-electron chi connectivity index (χ0n) is 21.3. The smallest absolute Gasteiger partial charge is 0.356 e. The molecule has 0 aromatic heterocycles. The number of hydrogen-bond acceptors (Lipinski definition) is 14. The number of hydrogen-bond donors (Lipinski definition) is 10. The Kier molecular flexibility index (Phi) is 6.91. The molecule has 220 valence electrons. The Balaban J connectivity index is 1.32. The standard InChI is InChI=1S/C25H28N4O12/c30-19-8-7-18(20(31)27-19)28-12-16-15(21(28)32)5-2-6-17(16)26-10-13-3-1-4-14(9-13)11-29-22(33,34)24(37,38)41-25(39,40)23(29,35)36/h1-6,9,18,26,33-40H,7-8,10-12H2,(H,27,30,31). The number of carbonyl (C=O) groups is 3. The molecule has 5 rings (SSSR count). The summed E-state index contributed by atoms with van der Waals surface area (Å²) in [5, 5.41) is 85.4. The van der Waals surface area contributed by atoms with Gasteiger partial charge in [-0.25, -0.2) is 0 Å². The van der Waals surface area contributed by atoms with Crippen molar-refractivity contribution in [2.45, 2.75) is 62.3 Å². The second-order valence-corrected chi connectivity index (χ2v) is 10.1. The second-order valence-electron chi connectivity index (χ2n) is 10.1. The normalized spacial score (nSPS) is 24.6. The highest BCUT2D eigenvalue weighted by atomic mass is 16.9. The van der Waals surface area contributed by atoms with E-state index in [0.717, 1.165) is 0 Å². The third-order valence-electron chi connectivity index (χ3n) is 7.31. The molecule has 3 aliphatic rings. The van der Waals surface area contributed by atoms with Gasteiger partial charge in [0, 0.05) is 42.9 Å². The molecule has 2 aromatic carbocycles. The maximum atomic E-state index is 13.0. The average molecular weight is 577 g/mol. The van der Waals surface area contributed by atoms with Crippen LogP contribution in [-0.4, -0.2) is 98.2 Å². The van der Waals surface area contributed by atoms with Gasteiger partial charge in [0.05, 0.1) is 0 Å². The number of fused-ring (bicyclic) bond motifs is 1. The maximum absolute atomic E-state index is 13.0. The summed E-state index contributed by atoms with van der Waals surface area (Å²) in [6, 6.07) is 10.3. The fourth-order valence-electron chi connectivity index (χ4n) is 5.09. The lowest BCUT2D eigenvalue weighted by atomic mass is 10.0. The van der Waals surface area contributed by atoms with E-state index >= 15 is 0 Å². The number of nitrogens with zero attached hydrogens (tertiary/aromatic N) is 2. The molecule has 0 saturated carbocycles. The number of rotatable bonds is 6. The van der Waals surface area contributed by atoms with Crippen molar-refractivity contribution in [3.05, 3.63) is 64.7 Å². The van der Waals surface area contributed by atoms with Crippen LogP contribution >= 0.6 is 0 Å². The van der Waals surface area contributed by atoms with Crippen LogP contribution in [-0.2, 0) is 34.0 Å². The maximum Gasteiger partial charge on any atom is 0.356 e. The predicted octanol–water partition coefficient (Wildman–Crippen LogP) is -3.55. The molecule has 2 fully saturated rings. The van der Waals surface area contributed by atoms with Crippen molar-refractivity contribution in [3.8, 4) is 0 Å². The predicted molar refractivity (Wildman–Crippen MR) is 132 cm³/mol. The molecule has 0 radical (unpaired) electrons. The third kappa shape index (κ3) is 4.85. The Labute approximate surface area is 231 Å². The topological polar surface area (TPSA) is 253 Å². The molecule has 41 heavy (non-hydrogen) atoms. The Hall–Kier alpha value is -3.55. The first-order valence-corrected chi connectivity index (χ1v) is 12.4. The summed E-state index contributed by atoms with van der Waals surface area (Å²) >= 11 is 0. The molecule has 3 heterocycles. The number of benzene rings is 2. The van der Waals surface area contributed by atoms with Crippen LogP contribution in [0.4, 0.5) is 5.69 Å². The molecule has 0 spiro atoms. The van der Waals surface area contributed by atoms with Gasteiger partial charge in [0.15, 0.2) is 0 Å². The molecule has 3 aliphatic heterocycles. The van der Waals surface area contributed by atoms with Crippen molar-refractivity contribution < 1.29 is 60.0 Å². The van der Waals surface area contributed by atoms with E-state index in [-0.39, 0.29) is 48.2 Å². The van der Waals surface area contributed by atoms with E-state index in [2.05, 4.69) is 15.4 Å². The fourth-order valence-corrected chi connectivity index (χ4v) is 5.09. The van der Waals surface area contributed by atoms with Crippen LogP contribution in [0.15, 0.2) is 42.5 Å². The van der Waals surface area contributed by atoms with Crippen LogP contribution in [0.5, 0.6) is 0 Å². The Bertz CT molecular complexity index is 1380. The number of anilines is 1. The zero-order chi connectivity index (χ0) is 30.0. The highest BCUT2D eigenvalue weighted by Gasteiger charge is 2.74. The first-order chi connectivity index (χ1) is 19.0. The van der Waals surface area contributed by atoms with E-state index in [1.54, 1.807) is 24.3 Å². The number of carbonyl (C=O) groups excluding carboxylic acids is 3. The fraction of sp³-hybridized carbons (Fsp3) is 0.400. The van der Waals surface area contributed by atoms with Gasteiger partial charge in [-0.05, 0) is 29.7 Å². The molecular weight excluding hydrogens is 548 g/mol. The summed E-state index contributed by atoms with van der Waals surface area (Å²) in [5.74, 6) is -17.2. The Morgan fingerprint density at radius 2 is 1.54 bits per heavy atom. The average Bonchev–Trinajstić information content (AvgIpc) is 3.21. The quantitative estimate of drug-likeness (QED) is 0.118. The Morgan fingerprint density at radius 1 is 0.902 bits per heavy atom. The molecule has 1 atom stereocenters. The van der Waals surface area contributed by atoms with Gasteiger partial charge in [-0.1, -0.05) is 30.3 Å². The van der Waals surface area contributed by atoms with E-state index in [1.165, 1.54) is 23.1 Å². The molecular formula is C25H28N4O12. The SMILES string of the molecule is O=C1CCC(N2Cc3c(NCc4cccc(CN5C(O)(O)C(O)(O)OC(O)(O)C5(O)O)c4)cccc3C2=O)C(=O)N1. The third-order valence-corrected chi connectivity index (χ3v) is 7.31. The highest BCUT2D eigenvalue weighted by Crippen LogP contribution is 2.42. The van der Waals surface area contributed by atoms with E-state index in [0.29, 0.717) is 22.4 Å². The summed E-state index contributed by atoms with van der Waals surface area (Å²) in [6.07, 6.45) is 0.343. The van der Waals surface area contributed by atoms with Crippen LogP contribution in [0, 0.1) is 0 Å². The summed E-state index contributed by atoms with van der Waals surface area (Å²) in [7, 11) is 0. The van der Waals surface area contributed by atoms with Crippen molar-refractivity contribution in [3.63, 3.8) is 0 Å². The molecule has 0 bridgehead atoms. The monoisotopic (exact) mass is 576 g/mol. The van der Waals surface area contributed by atoms with Crippen LogP contribution in [0.1, 0.15) is 39.9 Å². The minimum atomic E-state index is -4.04. The number of imide groups is 1. The molecule has 1 unspecified atom stereocenters. The van der Waals surface area contributed by atoms with Crippen molar-refractivity contribution in [1.82, 2.24) is 15.1 Å². The van der Waals surface area contributed by atoms with E-state index in [9.17, 15) is 55.2 Å². The van der Waals surface area contributed by atoms with Crippen LogP contribution in [0.3, 0.4) is 0 Å². The minimum absolute atomic E-state index is 0.124. The van der Waals surface area contributed by atoms with Crippen molar-refractivity contribution in [1.29, 1.82) is 0 Å². The number of amides is 3. The molecule has 0 aliphatic carbocycles. The van der Waals surface area contributed by atoms with Gasteiger partial charge < -0.3 is 51.1 Å². The van der Waals surface area contributed by atoms with Crippen molar-refractivity contribution >= 4 is 23.4 Å². The van der Waals surface area contributed by atoms with Gasteiger partial charge in [0.25, 0.3) is 5.91 Å². The van der Waals surface area contributed by atoms with E-state index in [4.69, 9.17) is 0 Å². The van der Waals surface area contributed by atoms with Crippen LogP contribution in [0.2, 0.25) is 0 Å². The molecule has 10 N–H and O–H groups in total. The van der Waals surface area contributed by atoms with E-state index in [1.807, 2.05) is 0 Å². The van der Waals surface area contributed by atoms with Gasteiger partial charge in [0.2, 0.25) is 11.8 Å². The lowest BCUT2D eigenvalue weighted by molar-refractivity contribution is -0.659. The number of morpholine rings is 1. The molecule has 16 nitrogen and oxygen atoms in total. The molecule has 3 amide bonds. The van der Waals surface area contributed by atoms with Crippen molar-refractivity contribution in [2.75, 3.05) is 5.32 Å². The first-order valence-electron chi connectivity index (χ1n) is 12.4. The van der Waals surface area contributed by atoms with Crippen LogP contribution < -0.4 is 10.6 Å². The van der Waals surface area contributed by atoms with Gasteiger partial charge in [0.1, 0.15) is 6.04 Å². The number of ether oxygens (including phenoxy) is 1. The summed E-state index contributed by atoms with van der Waals surface area (Å²) in [4.78, 5) is 38.1. The second kappa shape index (κ2) is 9.78. The lowest BCUT2D eigenvalue weighted by Gasteiger charge is -2.55. The molecule has 2 saturated heterocycles. The summed E-state index contributed by atoms with van der Waals surface area (Å²) in [5.41, 5.74) is 2.36. The largest absolute Gasteiger partial charge is 0.381 e. The molecule has 16 heteroatoms. The van der Waals surface area contributed by atoms with Gasteiger partial charge >= 0.3 is 23.8 Å². The minimum Gasteiger partial charge on any atom is -0.381 e. The van der Waals surface area contributed by atoms with E-state index < -0.39 is 42.3 Å².